The van der Waals surface area contributed by atoms with Crippen LogP contribution in [-0.4, -0.2) is 15.5 Å². The lowest BCUT2D eigenvalue weighted by molar-refractivity contribution is 0.600. The second-order valence-electron chi connectivity index (χ2n) is 5.05. The molecule has 0 saturated heterocycles. The van der Waals surface area contributed by atoms with Crippen LogP contribution in [0, 0.1) is 6.92 Å². The van der Waals surface area contributed by atoms with Crippen LogP contribution in [0.1, 0.15) is 24.1 Å². The summed E-state index contributed by atoms with van der Waals surface area (Å²) in [5, 5.41) is 3.10. The van der Waals surface area contributed by atoms with Crippen LogP contribution in [0.15, 0.2) is 53.4 Å². The molecule has 0 fully saturated rings. The molecule has 0 aliphatic carbocycles. The fourth-order valence-electron chi connectivity index (χ4n) is 1.95. The summed E-state index contributed by atoms with van der Waals surface area (Å²) in [4.78, 5) is 0.266. The predicted molar refractivity (Wildman–Crippen MR) is 85.9 cm³/mol. The molecule has 5 heteroatoms. The van der Waals surface area contributed by atoms with Gasteiger partial charge in [0.25, 0.3) is 10.0 Å². The quantitative estimate of drug-likeness (QED) is 0.892. The third-order valence-corrected chi connectivity index (χ3v) is 4.78. The Kier molecular flexibility index (Phi) is 4.65. The fourth-order valence-corrected chi connectivity index (χ4v) is 3.07. The topological polar surface area (TPSA) is 58.2 Å². The third-order valence-electron chi connectivity index (χ3n) is 3.41. The van der Waals surface area contributed by atoms with Gasteiger partial charge in [0.1, 0.15) is 0 Å². The molecule has 0 spiro atoms. The van der Waals surface area contributed by atoms with E-state index < -0.39 is 10.0 Å². The molecule has 112 valence electrons. The van der Waals surface area contributed by atoms with Crippen molar-refractivity contribution in [2.75, 3.05) is 11.8 Å². The van der Waals surface area contributed by atoms with Crippen molar-refractivity contribution in [3.05, 3.63) is 59.7 Å². The predicted octanol–water partition coefficient (Wildman–Crippen LogP) is 3.08. The number of nitrogens with one attached hydrogen (secondary N) is 2. The van der Waals surface area contributed by atoms with Crippen LogP contribution in [0.25, 0.3) is 0 Å². The van der Waals surface area contributed by atoms with Crippen molar-refractivity contribution in [2.45, 2.75) is 24.8 Å². The minimum Gasteiger partial charge on any atom is -0.313 e. The standard InChI is InChI=1S/C16H20N2O2S/c1-12-7-9-15(10-8-12)18-21(19,20)16-6-4-5-14(11-16)13(2)17-3/h4-11,13,17-18H,1-3H3. The van der Waals surface area contributed by atoms with Crippen molar-refractivity contribution in [3.8, 4) is 0 Å². The number of rotatable bonds is 5. The van der Waals surface area contributed by atoms with Gasteiger partial charge in [-0.2, -0.15) is 0 Å². The molecule has 2 N–H and O–H groups in total. The highest BCUT2D eigenvalue weighted by Crippen LogP contribution is 2.20. The molecule has 4 nitrogen and oxygen atoms in total. The smallest absolute Gasteiger partial charge is 0.261 e. The van der Waals surface area contributed by atoms with Gasteiger partial charge < -0.3 is 5.32 Å². The second kappa shape index (κ2) is 6.28. The van der Waals surface area contributed by atoms with Crippen LogP contribution in [0.5, 0.6) is 0 Å². The molecular weight excluding hydrogens is 284 g/mol. The molecule has 21 heavy (non-hydrogen) atoms. The summed E-state index contributed by atoms with van der Waals surface area (Å²) in [7, 11) is -1.72. The SMILES string of the molecule is CNC(C)c1cccc(S(=O)(=O)Nc2ccc(C)cc2)c1. The molecular formula is C16H20N2O2S. The minimum atomic E-state index is -3.57. The van der Waals surface area contributed by atoms with Crippen molar-refractivity contribution in [1.29, 1.82) is 0 Å². The van der Waals surface area contributed by atoms with E-state index in [1.807, 2.05) is 39.1 Å². The van der Waals surface area contributed by atoms with Crippen molar-refractivity contribution in [2.24, 2.45) is 0 Å². The third kappa shape index (κ3) is 3.83. The molecule has 0 amide bonds. The summed E-state index contributed by atoms with van der Waals surface area (Å²) < 4.78 is 27.4. The highest BCUT2D eigenvalue weighted by Gasteiger charge is 2.15. The average Bonchev–Trinajstić information content (AvgIpc) is 2.49. The van der Waals surface area contributed by atoms with E-state index in [-0.39, 0.29) is 10.9 Å². The van der Waals surface area contributed by atoms with E-state index in [9.17, 15) is 8.42 Å². The van der Waals surface area contributed by atoms with E-state index in [4.69, 9.17) is 0 Å². The largest absolute Gasteiger partial charge is 0.313 e. The fraction of sp³-hybridized carbons (Fsp3) is 0.250. The Morgan fingerprint density at radius 3 is 2.33 bits per heavy atom. The molecule has 0 saturated carbocycles. The Morgan fingerprint density at radius 1 is 1.05 bits per heavy atom. The summed E-state index contributed by atoms with van der Waals surface area (Å²) in [5.74, 6) is 0. The zero-order valence-electron chi connectivity index (χ0n) is 12.4. The number of aryl methyl sites for hydroxylation is 1. The molecule has 0 bridgehead atoms. The lowest BCUT2D eigenvalue weighted by Crippen LogP contribution is -2.15. The summed E-state index contributed by atoms with van der Waals surface area (Å²) in [6.45, 7) is 3.94. The second-order valence-corrected chi connectivity index (χ2v) is 6.74. The zero-order valence-corrected chi connectivity index (χ0v) is 13.2. The zero-order chi connectivity index (χ0) is 15.5. The van der Waals surface area contributed by atoms with Gasteiger partial charge in [0.15, 0.2) is 0 Å². The molecule has 1 unspecified atom stereocenters. The number of hydrogen-bond donors (Lipinski definition) is 2. The molecule has 0 aromatic heterocycles. The Hall–Kier alpha value is -1.85. The molecule has 0 heterocycles. The molecule has 2 aromatic carbocycles. The van der Waals surface area contributed by atoms with Gasteiger partial charge in [-0.3, -0.25) is 4.72 Å². The lowest BCUT2D eigenvalue weighted by atomic mass is 10.1. The molecule has 0 aliphatic rings. The van der Waals surface area contributed by atoms with E-state index in [1.54, 1.807) is 30.3 Å². The Balaban J connectivity index is 2.29. The van der Waals surface area contributed by atoms with Crippen LogP contribution in [0.3, 0.4) is 0 Å². The van der Waals surface area contributed by atoms with Crippen LogP contribution in [-0.2, 0) is 10.0 Å². The number of sulfonamides is 1. The Labute approximate surface area is 126 Å². The maximum atomic E-state index is 12.4. The Morgan fingerprint density at radius 2 is 1.71 bits per heavy atom. The van der Waals surface area contributed by atoms with Crippen molar-refractivity contribution in [1.82, 2.24) is 5.32 Å². The highest BCUT2D eigenvalue weighted by atomic mass is 32.2. The van der Waals surface area contributed by atoms with E-state index in [1.165, 1.54) is 0 Å². The minimum absolute atomic E-state index is 0.0968. The van der Waals surface area contributed by atoms with E-state index in [2.05, 4.69) is 10.0 Å². The van der Waals surface area contributed by atoms with Gasteiger partial charge in [-0.15, -0.1) is 0 Å². The average molecular weight is 304 g/mol. The van der Waals surface area contributed by atoms with Gasteiger partial charge >= 0.3 is 0 Å². The van der Waals surface area contributed by atoms with Crippen molar-refractivity contribution < 1.29 is 8.42 Å². The first-order valence-corrected chi connectivity index (χ1v) is 8.27. The molecule has 1 atom stereocenters. The van der Waals surface area contributed by atoms with Crippen LogP contribution < -0.4 is 10.0 Å². The van der Waals surface area contributed by atoms with Crippen LogP contribution in [0.2, 0.25) is 0 Å². The summed E-state index contributed by atoms with van der Waals surface area (Å²) in [6, 6.07) is 14.3. The van der Waals surface area contributed by atoms with E-state index in [0.29, 0.717) is 5.69 Å². The van der Waals surface area contributed by atoms with Crippen LogP contribution in [0.4, 0.5) is 5.69 Å². The maximum Gasteiger partial charge on any atom is 0.261 e. The van der Waals surface area contributed by atoms with Gasteiger partial charge in [0.05, 0.1) is 4.90 Å². The normalized spacial score (nSPS) is 12.9. The first-order valence-electron chi connectivity index (χ1n) is 6.79. The summed E-state index contributed by atoms with van der Waals surface area (Å²) in [5.41, 5.74) is 2.58. The molecule has 2 aromatic rings. The molecule has 0 radical (unpaired) electrons. The van der Waals surface area contributed by atoms with Gasteiger partial charge in [-0.1, -0.05) is 29.8 Å². The summed E-state index contributed by atoms with van der Waals surface area (Å²) >= 11 is 0. The lowest BCUT2D eigenvalue weighted by Gasteiger charge is -2.13. The monoisotopic (exact) mass is 304 g/mol. The van der Waals surface area contributed by atoms with Gasteiger partial charge in [-0.05, 0) is 50.7 Å². The number of hydrogen-bond acceptors (Lipinski definition) is 3. The molecule has 0 aliphatic heterocycles. The van der Waals surface area contributed by atoms with Crippen molar-refractivity contribution >= 4 is 15.7 Å². The first kappa shape index (κ1) is 15.5. The van der Waals surface area contributed by atoms with E-state index in [0.717, 1.165) is 11.1 Å². The Bertz CT molecular complexity index is 709. The summed E-state index contributed by atoms with van der Waals surface area (Å²) in [6.07, 6.45) is 0. The van der Waals surface area contributed by atoms with E-state index >= 15 is 0 Å². The molecule has 2 rings (SSSR count). The van der Waals surface area contributed by atoms with Crippen molar-refractivity contribution in [3.63, 3.8) is 0 Å². The van der Waals surface area contributed by atoms with Crippen LogP contribution >= 0.6 is 0 Å². The maximum absolute atomic E-state index is 12.4. The van der Waals surface area contributed by atoms with Gasteiger partial charge in [0, 0.05) is 11.7 Å². The number of benzene rings is 2. The number of anilines is 1. The van der Waals surface area contributed by atoms with Gasteiger partial charge in [-0.25, -0.2) is 8.42 Å². The first-order chi connectivity index (χ1) is 9.92. The highest BCUT2D eigenvalue weighted by molar-refractivity contribution is 7.92. The van der Waals surface area contributed by atoms with Gasteiger partial charge in [0.2, 0.25) is 0 Å².